The summed E-state index contributed by atoms with van der Waals surface area (Å²) in [5.41, 5.74) is 4.24. The van der Waals surface area contributed by atoms with Crippen LogP contribution in [0.1, 0.15) is 29.8 Å². The largest absolute Gasteiger partial charge is 0.497 e. The summed E-state index contributed by atoms with van der Waals surface area (Å²) in [4.78, 5) is 17.9. The lowest BCUT2D eigenvalue weighted by Gasteiger charge is -2.35. The van der Waals surface area contributed by atoms with Gasteiger partial charge in [0.1, 0.15) is 11.8 Å². The molecule has 6 heteroatoms. The Morgan fingerprint density at radius 3 is 2.74 bits per heavy atom. The summed E-state index contributed by atoms with van der Waals surface area (Å²) in [6.07, 6.45) is 0.446. The van der Waals surface area contributed by atoms with Gasteiger partial charge >= 0.3 is 6.09 Å². The number of carbonyl (C=O) groups is 1. The van der Waals surface area contributed by atoms with Crippen molar-refractivity contribution < 1.29 is 14.3 Å². The Hall–Kier alpha value is -2.66. The molecule has 1 N–H and O–H groups in total. The van der Waals surface area contributed by atoms with E-state index in [4.69, 9.17) is 21.1 Å². The lowest BCUT2D eigenvalue weighted by atomic mass is 9.92. The Bertz CT molecular complexity index is 981. The number of amides is 1. The molecule has 3 aromatic rings. The number of methoxy groups -OCH3 is 1. The molecule has 1 amide bonds. The lowest BCUT2D eigenvalue weighted by molar-refractivity contribution is 0.0932. The molecule has 0 spiro atoms. The Morgan fingerprint density at radius 2 is 2.04 bits per heavy atom. The SMILES string of the molecule is CCOC(=O)N1CCc2c([nH]c3ccc(Cl)cc23)[C@@H]1c1ccc(OC)cc1. The number of halogens is 1. The molecule has 4 rings (SSSR count). The number of H-pyrrole nitrogens is 1. The van der Waals surface area contributed by atoms with Gasteiger partial charge in [0.05, 0.1) is 13.7 Å². The second-order valence-corrected chi connectivity index (χ2v) is 6.96. The zero-order valence-corrected chi connectivity index (χ0v) is 16.0. The summed E-state index contributed by atoms with van der Waals surface area (Å²) in [7, 11) is 1.64. The number of carbonyl (C=O) groups excluding carboxylic acids is 1. The summed E-state index contributed by atoms with van der Waals surface area (Å²) >= 11 is 6.21. The van der Waals surface area contributed by atoms with E-state index >= 15 is 0 Å². The minimum absolute atomic E-state index is 0.245. The van der Waals surface area contributed by atoms with E-state index in [-0.39, 0.29) is 12.1 Å². The normalized spacial score (nSPS) is 16.3. The van der Waals surface area contributed by atoms with Crippen molar-refractivity contribution in [2.45, 2.75) is 19.4 Å². The van der Waals surface area contributed by atoms with Gasteiger partial charge in [-0.15, -0.1) is 0 Å². The number of nitrogens with one attached hydrogen (secondary N) is 1. The smallest absolute Gasteiger partial charge is 0.410 e. The molecule has 0 fully saturated rings. The van der Waals surface area contributed by atoms with E-state index in [0.717, 1.165) is 34.3 Å². The number of fused-ring (bicyclic) bond motifs is 3. The van der Waals surface area contributed by atoms with Gasteiger partial charge in [-0.2, -0.15) is 0 Å². The van der Waals surface area contributed by atoms with Crippen LogP contribution in [0.4, 0.5) is 4.79 Å². The zero-order valence-electron chi connectivity index (χ0n) is 15.3. The summed E-state index contributed by atoms with van der Waals surface area (Å²) in [6.45, 7) is 2.75. The highest BCUT2D eigenvalue weighted by Gasteiger charge is 2.35. The number of ether oxygens (including phenoxy) is 2. The summed E-state index contributed by atoms with van der Waals surface area (Å²) in [5, 5.41) is 1.82. The fourth-order valence-corrected chi connectivity index (χ4v) is 3.97. The first-order valence-corrected chi connectivity index (χ1v) is 9.37. The zero-order chi connectivity index (χ0) is 19.0. The van der Waals surface area contributed by atoms with E-state index in [2.05, 4.69) is 4.98 Å². The van der Waals surface area contributed by atoms with Crippen LogP contribution in [0.15, 0.2) is 42.5 Å². The first-order valence-electron chi connectivity index (χ1n) is 8.99. The second-order valence-electron chi connectivity index (χ2n) is 6.53. The number of aromatic amines is 1. The first-order chi connectivity index (χ1) is 13.1. The molecule has 140 valence electrons. The quantitative estimate of drug-likeness (QED) is 0.696. The van der Waals surface area contributed by atoms with Crippen LogP contribution in [0.25, 0.3) is 10.9 Å². The fraction of sp³-hybridized carbons (Fsp3) is 0.286. The van der Waals surface area contributed by atoms with Crippen molar-refractivity contribution >= 4 is 28.6 Å². The molecule has 2 heterocycles. The van der Waals surface area contributed by atoms with Crippen LogP contribution in [0.5, 0.6) is 5.75 Å². The fourth-order valence-electron chi connectivity index (χ4n) is 3.80. The summed E-state index contributed by atoms with van der Waals surface area (Å²) in [5.74, 6) is 0.779. The Balaban J connectivity index is 1.86. The Labute approximate surface area is 162 Å². The third-order valence-electron chi connectivity index (χ3n) is 5.02. The molecule has 0 bridgehead atoms. The Kier molecular flexibility index (Phi) is 4.70. The van der Waals surface area contributed by atoms with Crippen molar-refractivity contribution in [3.63, 3.8) is 0 Å². The van der Waals surface area contributed by atoms with Crippen LogP contribution in [-0.4, -0.2) is 36.2 Å². The van der Waals surface area contributed by atoms with Crippen LogP contribution in [0, 0.1) is 0 Å². The molecule has 1 aromatic heterocycles. The number of hydrogen-bond acceptors (Lipinski definition) is 3. The predicted octanol–water partition coefficient (Wildman–Crippen LogP) is 4.93. The number of rotatable bonds is 3. The maximum Gasteiger partial charge on any atom is 0.410 e. The molecule has 1 aliphatic rings. The third kappa shape index (κ3) is 3.12. The molecule has 1 aliphatic heterocycles. The van der Waals surface area contributed by atoms with E-state index in [1.165, 1.54) is 5.56 Å². The predicted molar refractivity (Wildman–Crippen MR) is 106 cm³/mol. The molecule has 2 aromatic carbocycles. The number of nitrogens with zero attached hydrogens (tertiary/aromatic N) is 1. The molecular weight excluding hydrogens is 364 g/mol. The molecular formula is C21H21ClN2O3. The average molecular weight is 385 g/mol. The average Bonchev–Trinajstić information content (AvgIpc) is 3.05. The van der Waals surface area contributed by atoms with E-state index in [1.54, 1.807) is 12.0 Å². The van der Waals surface area contributed by atoms with Crippen LogP contribution in [-0.2, 0) is 11.2 Å². The molecule has 0 radical (unpaired) electrons. The lowest BCUT2D eigenvalue weighted by Crippen LogP contribution is -2.40. The molecule has 0 aliphatic carbocycles. The molecule has 0 saturated heterocycles. The maximum atomic E-state index is 12.6. The number of aromatic nitrogens is 1. The summed E-state index contributed by atoms with van der Waals surface area (Å²) < 4.78 is 10.6. The molecule has 5 nitrogen and oxygen atoms in total. The van der Waals surface area contributed by atoms with Gasteiger partial charge in [-0.3, -0.25) is 4.90 Å². The van der Waals surface area contributed by atoms with E-state index in [0.29, 0.717) is 18.2 Å². The number of hydrogen-bond donors (Lipinski definition) is 1. The van der Waals surface area contributed by atoms with Crippen LogP contribution >= 0.6 is 11.6 Å². The van der Waals surface area contributed by atoms with E-state index < -0.39 is 0 Å². The molecule has 1 atom stereocenters. The third-order valence-corrected chi connectivity index (χ3v) is 5.26. The second kappa shape index (κ2) is 7.16. The van der Waals surface area contributed by atoms with Crippen molar-refractivity contribution in [1.29, 1.82) is 0 Å². The van der Waals surface area contributed by atoms with Gasteiger partial charge in [-0.05, 0) is 54.8 Å². The Morgan fingerprint density at radius 1 is 1.26 bits per heavy atom. The van der Waals surface area contributed by atoms with Gasteiger partial charge in [0.15, 0.2) is 0 Å². The van der Waals surface area contributed by atoms with Crippen LogP contribution in [0.3, 0.4) is 0 Å². The monoisotopic (exact) mass is 384 g/mol. The summed E-state index contributed by atoms with van der Waals surface area (Å²) in [6, 6.07) is 13.4. The highest BCUT2D eigenvalue weighted by molar-refractivity contribution is 6.31. The van der Waals surface area contributed by atoms with Gasteiger partial charge in [-0.25, -0.2) is 4.79 Å². The van der Waals surface area contributed by atoms with Crippen molar-refractivity contribution in [1.82, 2.24) is 9.88 Å². The van der Waals surface area contributed by atoms with Gasteiger partial charge in [-0.1, -0.05) is 23.7 Å². The number of benzene rings is 2. The topological polar surface area (TPSA) is 54.6 Å². The standard InChI is InChI=1S/C21H21ClN2O3/c1-3-27-21(25)24-11-10-16-17-12-14(22)6-9-18(17)23-19(16)20(24)13-4-7-15(26-2)8-5-13/h4-9,12,20,23H,3,10-11H2,1-2H3/t20-/m0/s1. The highest BCUT2D eigenvalue weighted by atomic mass is 35.5. The van der Waals surface area contributed by atoms with Gasteiger partial charge < -0.3 is 14.5 Å². The molecule has 0 unspecified atom stereocenters. The minimum atomic E-state index is -0.305. The van der Waals surface area contributed by atoms with E-state index in [9.17, 15) is 4.79 Å². The van der Waals surface area contributed by atoms with E-state index in [1.807, 2.05) is 49.4 Å². The van der Waals surface area contributed by atoms with Gasteiger partial charge in [0, 0.05) is 28.2 Å². The van der Waals surface area contributed by atoms with Crippen molar-refractivity contribution in [3.05, 3.63) is 64.3 Å². The van der Waals surface area contributed by atoms with Crippen LogP contribution < -0.4 is 4.74 Å². The van der Waals surface area contributed by atoms with Crippen molar-refractivity contribution in [2.24, 2.45) is 0 Å². The van der Waals surface area contributed by atoms with Crippen molar-refractivity contribution in [2.75, 3.05) is 20.3 Å². The molecule has 0 saturated carbocycles. The molecule has 27 heavy (non-hydrogen) atoms. The first kappa shape index (κ1) is 17.7. The van der Waals surface area contributed by atoms with Crippen molar-refractivity contribution in [3.8, 4) is 5.75 Å². The maximum absolute atomic E-state index is 12.6. The van der Waals surface area contributed by atoms with Gasteiger partial charge in [0.25, 0.3) is 0 Å². The minimum Gasteiger partial charge on any atom is -0.497 e. The highest BCUT2D eigenvalue weighted by Crippen LogP contribution is 2.39. The van der Waals surface area contributed by atoms with Crippen LogP contribution in [0.2, 0.25) is 5.02 Å². The van der Waals surface area contributed by atoms with Gasteiger partial charge in [0.2, 0.25) is 0 Å².